The van der Waals surface area contributed by atoms with Crippen LogP contribution in [0.3, 0.4) is 0 Å². The maximum absolute atomic E-state index is 14.9. The number of allylic oxidation sites excluding steroid dienone is 1. The van der Waals surface area contributed by atoms with Gasteiger partial charge in [-0.3, -0.25) is 0 Å². The maximum Gasteiger partial charge on any atom is 0.166 e. The van der Waals surface area contributed by atoms with E-state index in [0.29, 0.717) is 29.2 Å². The summed E-state index contributed by atoms with van der Waals surface area (Å²) in [6.07, 6.45) is 5.88. The summed E-state index contributed by atoms with van der Waals surface area (Å²) < 4.78 is 49.1. The second kappa shape index (κ2) is 9.74. The molecule has 0 radical (unpaired) electrons. The van der Waals surface area contributed by atoms with Crippen LogP contribution in [0, 0.1) is 30.3 Å². The van der Waals surface area contributed by atoms with Gasteiger partial charge in [0, 0.05) is 11.1 Å². The highest BCUT2D eigenvalue weighted by atomic mass is 19.2. The normalized spacial score (nSPS) is 18.5. The van der Waals surface area contributed by atoms with Gasteiger partial charge in [-0.15, -0.1) is 6.58 Å². The van der Waals surface area contributed by atoms with E-state index in [1.54, 1.807) is 48.5 Å². The van der Waals surface area contributed by atoms with Crippen molar-refractivity contribution in [2.45, 2.75) is 38.7 Å². The van der Waals surface area contributed by atoms with Crippen LogP contribution < -0.4 is 0 Å². The molecule has 1 saturated heterocycles. The Hall–Kier alpha value is -2.85. The SMILES string of the molecule is C=CCCC1CCC(c2ccc(-c3ccc(-c4ccc(C)c(F)c4F)cc3)c(F)c2)OC1. The highest BCUT2D eigenvalue weighted by molar-refractivity contribution is 5.71. The lowest BCUT2D eigenvalue weighted by Crippen LogP contribution is -2.20. The lowest BCUT2D eigenvalue weighted by Gasteiger charge is -2.29. The molecule has 166 valence electrons. The first kappa shape index (κ1) is 22.3. The van der Waals surface area contributed by atoms with Crippen molar-refractivity contribution >= 4 is 0 Å². The summed E-state index contributed by atoms with van der Waals surface area (Å²) in [4.78, 5) is 0. The zero-order chi connectivity index (χ0) is 22.7. The number of hydrogen-bond acceptors (Lipinski definition) is 1. The molecular formula is C28H27F3O. The van der Waals surface area contributed by atoms with E-state index in [2.05, 4.69) is 6.58 Å². The minimum absolute atomic E-state index is 0.0830. The Balaban J connectivity index is 1.49. The van der Waals surface area contributed by atoms with Crippen molar-refractivity contribution in [3.63, 3.8) is 0 Å². The van der Waals surface area contributed by atoms with Gasteiger partial charge in [0.25, 0.3) is 0 Å². The van der Waals surface area contributed by atoms with Gasteiger partial charge in [0.2, 0.25) is 0 Å². The Kier molecular flexibility index (Phi) is 6.80. The van der Waals surface area contributed by atoms with Crippen LogP contribution in [0.2, 0.25) is 0 Å². The Morgan fingerprint density at radius 2 is 1.59 bits per heavy atom. The summed E-state index contributed by atoms with van der Waals surface area (Å²) >= 11 is 0. The first-order chi connectivity index (χ1) is 15.5. The smallest absolute Gasteiger partial charge is 0.166 e. The van der Waals surface area contributed by atoms with Gasteiger partial charge in [-0.25, -0.2) is 13.2 Å². The van der Waals surface area contributed by atoms with E-state index >= 15 is 0 Å². The van der Waals surface area contributed by atoms with Crippen LogP contribution in [0.5, 0.6) is 0 Å². The highest BCUT2D eigenvalue weighted by Gasteiger charge is 2.23. The summed E-state index contributed by atoms with van der Waals surface area (Å²) in [7, 11) is 0. The van der Waals surface area contributed by atoms with Crippen LogP contribution in [0.4, 0.5) is 13.2 Å². The molecule has 1 nitrogen and oxygen atoms in total. The van der Waals surface area contributed by atoms with Gasteiger partial charge in [-0.05, 0) is 66.8 Å². The molecule has 1 fully saturated rings. The minimum Gasteiger partial charge on any atom is -0.373 e. The molecule has 0 saturated carbocycles. The van der Waals surface area contributed by atoms with Gasteiger partial charge in [0.05, 0.1) is 12.7 Å². The first-order valence-electron chi connectivity index (χ1n) is 11.0. The highest BCUT2D eigenvalue weighted by Crippen LogP contribution is 2.35. The molecule has 4 heteroatoms. The maximum atomic E-state index is 14.9. The molecule has 0 N–H and O–H groups in total. The molecule has 0 aromatic heterocycles. The molecule has 2 unspecified atom stereocenters. The second-order valence-electron chi connectivity index (χ2n) is 8.51. The van der Waals surface area contributed by atoms with Crippen LogP contribution in [0.15, 0.2) is 67.3 Å². The number of halogens is 3. The molecule has 1 aliphatic rings. The fourth-order valence-electron chi connectivity index (χ4n) is 4.31. The van der Waals surface area contributed by atoms with E-state index in [-0.39, 0.29) is 23.0 Å². The van der Waals surface area contributed by atoms with E-state index in [1.165, 1.54) is 6.92 Å². The third-order valence-electron chi connectivity index (χ3n) is 6.30. The van der Waals surface area contributed by atoms with E-state index in [0.717, 1.165) is 31.2 Å². The Bertz CT molecular complexity index is 1100. The Morgan fingerprint density at radius 1 is 0.906 bits per heavy atom. The molecule has 32 heavy (non-hydrogen) atoms. The molecule has 0 bridgehead atoms. The van der Waals surface area contributed by atoms with E-state index in [9.17, 15) is 13.2 Å². The Morgan fingerprint density at radius 3 is 2.22 bits per heavy atom. The lowest BCUT2D eigenvalue weighted by atomic mass is 9.91. The molecule has 0 amide bonds. The molecular weight excluding hydrogens is 409 g/mol. The summed E-state index contributed by atoms with van der Waals surface area (Å²) in [5, 5.41) is 0. The molecule has 3 aromatic rings. The molecule has 0 spiro atoms. The van der Waals surface area contributed by atoms with Crippen LogP contribution in [0.25, 0.3) is 22.3 Å². The van der Waals surface area contributed by atoms with Gasteiger partial charge in [-0.1, -0.05) is 54.6 Å². The third kappa shape index (κ3) is 4.66. The van der Waals surface area contributed by atoms with E-state index < -0.39 is 11.6 Å². The summed E-state index contributed by atoms with van der Waals surface area (Å²) in [6, 6.07) is 15.2. The van der Waals surface area contributed by atoms with Crippen LogP contribution in [-0.4, -0.2) is 6.61 Å². The standard InChI is InChI=1S/C28H27F3O/c1-3-4-5-19-7-15-26(32-17-19)22-12-14-23(25(29)16-22)20-8-10-21(11-9-20)24-13-6-18(2)27(30)28(24)31/h3,6,8-14,16,19,26H,1,4-5,7,15,17H2,2H3. The first-order valence-corrected chi connectivity index (χ1v) is 11.0. The van der Waals surface area contributed by atoms with Crippen molar-refractivity contribution in [1.82, 2.24) is 0 Å². The van der Waals surface area contributed by atoms with Crippen LogP contribution >= 0.6 is 0 Å². The zero-order valence-electron chi connectivity index (χ0n) is 18.2. The summed E-state index contributed by atoms with van der Waals surface area (Å²) in [5.41, 5.74) is 3.00. The van der Waals surface area contributed by atoms with Crippen molar-refractivity contribution in [2.24, 2.45) is 5.92 Å². The van der Waals surface area contributed by atoms with Gasteiger partial charge in [-0.2, -0.15) is 0 Å². The topological polar surface area (TPSA) is 9.23 Å². The van der Waals surface area contributed by atoms with Gasteiger partial charge in [0.1, 0.15) is 5.82 Å². The average molecular weight is 437 g/mol. The van der Waals surface area contributed by atoms with Gasteiger partial charge < -0.3 is 4.74 Å². The van der Waals surface area contributed by atoms with Crippen LogP contribution in [-0.2, 0) is 4.74 Å². The predicted octanol–water partition coefficient (Wildman–Crippen LogP) is 8.18. The number of rotatable bonds is 6. The summed E-state index contributed by atoms with van der Waals surface area (Å²) in [5.74, 6) is -1.49. The molecule has 4 rings (SSSR count). The number of aryl methyl sites for hydroxylation is 1. The second-order valence-corrected chi connectivity index (χ2v) is 8.51. The van der Waals surface area contributed by atoms with Crippen molar-refractivity contribution in [3.8, 4) is 22.3 Å². The zero-order valence-corrected chi connectivity index (χ0v) is 18.2. The van der Waals surface area contributed by atoms with Crippen molar-refractivity contribution < 1.29 is 17.9 Å². The third-order valence-corrected chi connectivity index (χ3v) is 6.30. The van der Waals surface area contributed by atoms with Gasteiger partial charge in [0.15, 0.2) is 11.6 Å². The molecule has 3 aromatic carbocycles. The largest absolute Gasteiger partial charge is 0.373 e. The number of ether oxygens (including phenoxy) is 1. The number of benzene rings is 3. The minimum atomic E-state index is -0.868. The van der Waals surface area contributed by atoms with E-state index in [1.807, 2.05) is 12.1 Å². The summed E-state index contributed by atoms with van der Waals surface area (Å²) in [6.45, 7) is 5.99. The van der Waals surface area contributed by atoms with Gasteiger partial charge >= 0.3 is 0 Å². The molecule has 2 atom stereocenters. The number of hydrogen-bond donors (Lipinski definition) is 0. The van der Waals surface area contributed by atoms with Crippen LogP contribution in [0.1, 0.15) is 42.9 Å². The molecule has 0 aliphatic carbocycles. The average Bonchev–Trinajstić information content (AvgIpc) is 2.82. The van der Waals surface area contributed by atoms with Crippen molar-refractivity contribution in [2.75, 3.05) is 6.61 Å². The molecule has 1 aliphatic heterocycles. The lowest BCUT2D eigenvalue weighted by molar-refractivity contribution is -0.0191. The fourth-order valence-corrected chi connectivity index (χ4v) is 4.31. The predicted molar refractivity (Wildman–Crippen MR) is 123 cm³/mol. The monoisotopic (exact) mass is 436 g/mol. The van der Waals surface area contributed by atoms with Crippen molar-refractivity contribution in [3.05, 3.63) is 95.8 Å². The molecule has 1 heterocycles. The fraction of sp³-hybridized carbons (Fsp3) is 0.286. The van der Waals surface area contributed by atoms with Crippen molar-refractivity contribution in [1.29, 1.82) is 0 Å². The Labute approximate surface area is 187 Å². The van der Waals surface area contributed by atoms with E-state index in [4.69, 9.17) is 4.74 Å². The quantitative estimate of drug-likeness (QED) is 0.354.